The summed E-state index contributed by atoms with van der Waals surface area (Å²) in [5.74, 6) is 1.04. The summed E-state index contributed by atoms with van der Waals surface area (Å²) in [6.07, 6.45) is 5.36. The van der Waals surface area contributed by atoms with E-state index in [0.29, 0.717) is 22.3 Å². The Morgan fingerprint density at radius 2 is 1.94 bits per heavy atom. The summed E-state index contributed by atoms with van der Waals surface area (Å²) < 4.78 is 8.53. The third kappa shape index (κ3) is 5.32. The Balaban J connectivity index is 1.49. The molecule has 2 aromatic carbocycles. The van der Waals surface area contributed by atoms with E-state index in [9.17, 15) is 4.79 Å². The molecule has 8 heteroatoms. The van der Waals surface area contributed by atoms with Crippen LogP contribution in [-0.2, 0) is 0 Å². The second-order valence-electron chi connectivity index (χ2n) is 9.48. The van der Waals surface area contributed by atoms with Gasteiger partial charge in [0, 0.05) is 31.2 Å². The SMILES string of the molecule is CCN1CCC(Oc2ccc3nc(NC(=O)c4ccccc4)n(C4CCCCNC4)c3c2Cl)CC1. The van der Waals surface area contributed by atoms with Crippen LogP contribution in [0.3, 0.4) is 0 Å². The first-order chi connectivity index (χ1) is 17.1. The van der Waals surface area contributed by atoms with E-state index < -0.39 is 0 Å². The number of carbonyl (C=O) groups excluding carboxylic acids is 1. The molecule has 1 atom stereocenters. The van der Waals surface area contributed by atoms with Crippen molar-refractivity contribution in [3.05, 3.63) is 53.1 Å². The molecule has 0 saturated carbocycles. The van der Waals surface area contributed by atoms with E-state index >= 15 is 0 Å². The summed E-state index contributed by atoms with van der Waals surface area (Å²) in [7, 11) is 0. The molecule has 0 radical (unpaired) electrons. The topological polar surface area (TPSA) is 71.4 Å². The minimum atomic E-state index is -0.181. The largest absolute Gasteiger partial charge is 0.489 e. The van der Waals surface area contributed by atoms with Crippen molar-refractivity contribution in [3.8, 4) is 5.75 Å². The zero-order valence-electron chi connectivity index (χ0n) is 20.3. The lowest BCUT2D eigenvalue weighted by atomic mass is 10.1. The number of benzene rings is 2. The third-order valence-electron chi connectivity index (χ3n) is 7.18. The number of amides is 1. The highest BCUT2D eigenvalue weighted by molar-refractivity contribution is 6.36. The number of nitrogens with zero attached hydrogens (tertiary/aromatic N) is 3. The summed E-state index contributed by atoms with van der Waals surface area (Å²) >= 11 is 7.02. The van der Waals surface area contributed by atoms with Gasteiger partial charge in [0.05, 0.1) is 11.0 Å². The van der Waals surface area contributed by atoms with Crippen LogP contribution in [0.1, 0.15) is 55.4 Å². The summed E-state index contributed by atoms with van der Waals surface area (Å²) in [6, 6.07) is 13.2. The van der Waals surface area contributed by atoms with Crippen molar-refractivity contribution >= 4 is 34.5 Å². The Kier molecular flexibility index (Phi) is 7.56. The fourth-order valence-corrected chi connectivity index (χ4v) is 5.47. The van der Waals surface area contributed by atoms with Gasteiger partial charge in [-0.1, -0.05) is 43.1 Å². The van der Waals surface area contributed by atoms with Crippen molar-refractivity contribution in [2.24, 2.45) is 0 Å². The van der Waals surface area contributed by atoms with Crippen molar-refractivity contribution in [2.45, 2.75) is 51.2 Å². The number of fused-ring (bicyclic) bond motifs is 1. The van der Waals surface area contributed by atoms with Crippen molar-refractivity contribution < 1.29 is 9.53 Å². The molecule has 0 aliphatic carbocycles. The van der Waals surface area contributed by atoms with E-state index in [1.165, 1.54) is 0 Å². The zero-order chi connectivity index (χ0) is 24.2. The molecule has 2 N–H and O–H groups in total. The highest BCUT2D eigenvalue weighted by Gasteiger charge is 2.26. The third-order valence-corrected chi connectivity index (χ3v) is 7.54. The number of rotatable bonds is 6. The summed E-state index contributed by atoms with van der Waals surface area (Å²) in [6.45, 7) is 7.16. The number of carbonyl (C=O) groups is 1. The average molecular weight is 496 g/mol. The van der Waals surface area contributed by atoms with Gasteiger partial charge in [-0.25, -0.2) is 4.98 Å². The lowest BCUT2D eigenvalue weighted by Crippen LogP contribution is -2.38. The van der Waals surface area contributed by atoms with Gasteiger partial charge in [-0.2, -0.15) is 0 Å². The van der Waals surface area contributed by atoms with Gasteiger partial charge < -0.3 is 19.5 Å². The Labute approximate surface area is 211 Å². The number of nitrogens with one attached hydrogen (secondary N) is 2. The highest BCUT2D eigenvalue weighted by Crippen LogP contribution is 2.38. The van der Waals surface area contributed by atoms with Crippen LogP contribution in [-0.4, -0.2) is 59.2 Å². The molecule has 5 rings (SSSR count). The molecule has 1 unspecified atom stereocenters. The molecule has 2 aliphatic heterocycles. The molecular formula is C27H34ClN5O2. The van der Waals surface area contributed by atoms with Crippen LogP contribution in [0.25, 0.3) is 11.0 Å². The molecule has 3 aromatic rings. The van der Waals surface area contributed by atoms with E-state index in [1.807, 2.05) is 30.3 Å². The van der Waals surface area contributed by atoms with E-state index in [1.54, 1.807) is 12.1 Å². The van der Waals surface area contributed by atoms with E-state index in [0.717, 1.165) is 75.9 Å². The lowest BCUT2D eigenvalue weighted by molar-refractivity contribution is 0.102. The number of hydrogen-bond donors (Lipinski definition) is 2. The molecule has 7 nitrogen and oxygen atoms in total. The van der Waals surface area contributed by atoms with Crippen molar-refractivity contribution in [1.82, 2.24) is 19.8 Å². The molecule has 3 heterocycles. The van der Waals surface area contributed by atoms with Gasteiger partial charge in [-0.3, -0.25) is 10.1 Å². The maximum Gasteiger partial charge on any atom is 0.257 e. The molecule has 1 amide bonds. The fraction of sp³-hybridized carbons (Fsp3) is 0.481. The number of ether oxygens (including phenoxy) is 1. The maximum atomic E-state index is 13.0. The lowest BCUT2D eigenvalue weighted by Gasteiger charge is -2.31. The first kappa shape index (κ1) is 24.1. The van der Waals surface area contributed by atoms with Gasteiger partial charge >= 0.3 is 0 Å². The standard InChI is InChI=1S/C27H34ClN5O2/c1-2-32-16-13-21(14-17-32)35-23-12-11-22-25(24(23)28)33(20-10-6-7-15-29-18-20)27(30-22)31-26(34)19-8-4-3-5-9-19/h3-5,8-9,11-12,20-21,29H,2,6-7,10,13-18H2,1H3,(H,30,31,34). The molecule has 0 spiro atoms. The minimum absolute atomic E-state index is 0.133. The van der Waals surface area contributed by atoms with Crippen LogP contribution < -0.4 is 15.4 Å². The molecule has 0 bridgehead atoms. The molecule has 2 fully saturated rings. The van der Waals surface area contributed by atoms with Crippen molar-refractivity contribution in [3.63, 3.8) is 0 Å². The van der Waals surface area contributed by atoms with Gasteiger partial charge in [0.1, 0.15) is 16.9 Å². The van der Waals surface area contributed by atoms with E-state index in [2.05, 4.69) is 27.0 Å². The second kappa shape index (κ2) is 11.0. The number of piperidine rings is 1. The van der Waals surface area contributed by atoms with Gasteiger partial charge in [0.25, 0.3) is 5.91 Å². The maximum absolute atomic E-state index is 13.0. The van der Waals surface area contributed by atoms with Gasteiger partial charge in [-0.05, 0) is 63.0 Å². The van der Waals surface area contributed by atoms with Crippen LogP contribution in [0, 0.1) is 0 Å². The Morgan fingerprint density at radius 1 is 1.14 bits per heavy atom. The monoisotopic (exact) mass is 495 g/mol. The van der Waals surface area contributed by atoms with Crippen LogP contribution in [0.15, 0.2) is 42.5 Å². The predicted molar refractivity (Wildman–Crippen MR) is 141 cm³/mol. The average Bonchev–Trinajstić information content (AvgIpc) is 3.05. The van der Waals surface area contributed by atoms with Gasteiger partial charge in [-0.15, -0.1) is 0 Å². The van der Waals surface area contributed by atoms with Crippen molar-refractivity contribution in [1.29, 1.82) is 0 Å². The first-order valence-electron chi connectivity index (χ1n) is 12.8. The molecule has 2 aliphatic rings. The quantitative estimate of drug-likeness (QED) is 0.496. The summed E-state index contributed by atoms with van der Waals surface area (Å²) in [5, 5.41) is 7.15. The van der Waals surface area contributed by atoms with Crippen LogP contribution in [0.2, 0.25) is 5.02 Å². The van der Waals surface area contributed by atoms with Gasteiger partial charge in [0.2, 0.25) is 5.95 Å². The summed E-state index contributed by atoms with van der Waals surface area (Å²) in [5.41, 5.74) is 2.18. The normalized spacial score (nSPS) is 20.0. The number of hydrogen-bond acceptors (Lipinski definition) is 5. The van der Waals surface area contributed by atoms with Crippen LogP contribution >= 0.6 is 11.6 Å². The molecule has 2 saturated heterocycles. The number of anilines is 1. The number of imidazole rings is 1. The zero-order valence-corrected chi connectivity index (χ0v) is 21.1. The number of aromatic nitrogens is 2. The predicted octanol–water partition coefficient (Wildman–Crippen LogP) is 5.12. The summed E-state index contributed by atoms with van der Waals surface area (Å²) in [4.78, 5) is 20.3. The first-order valence-corrected chi connectivity index (χ1v) is 13.2. The van der Waals surface area contributed by atoms with Crippen molar-refractivity contribution in [2.75, 3.05) is 38.0 Å². The second-order valence-corrected chi connectivity index (χ2v) is 9.85. The number of halogens is 1. The minimum Gasteiger partial charge on any atom is -0.489 e. The Hall–Kier alpha value is -2.61. The Bertz CT molecular complexity index is 1150. The molecule has 186 valence electrons. The van der Waals surface area contributed by atoms with Crippen LogP contribution in [0.5, 0.6) is 5.75 Å². The smallest absolute Gasteiger partial charge is 0.257 e. The molecule has 35 heavy (non-hydrogen) atoms. The Morgan fingerprint density at radius 3 is 2.71 bits per heavy atom. The van der Waals surface area contributed by atoms with E-state index in [-0.39, 0.29) is 18.1 Å². The molecule has 1 aromatic heterocycles. The fourth-order valence-electron chi connectivity index (χ4n) is 5.17. The van der Waals surface area contributed by atoms with E-state index in [4.69, 9.17) is 21.3 Å². The van der Waals surface area contributed by atoms with Crippen LogP contribution in [0.4, 0.5) is 5.95 Å². The highest BCUT2D eigenvalue weighted by atomic mass is 35.5. The van der Waals surface area contributed by atoms with Gasteiger partial charge in [0.15, 0.2) is 0 Å². The molecular weight excluding hydrogens is 462 g/mol. The number of likely N-dealkylation sites (tertiary alicyclic amines) is 1.